The number of benzene rings is 1. The zero-order valence-corrected chi connectivity index (χ0v) is 11.8. The number of nitrogens with one attached hydrogen (secondary N) is 1. The van der Waals surface area contributed by atoms with Gasteiger partial charge in [0.2, 0.25) is 0 Å². The van der Waals surface area contributed by atoms with Gasteiger partial charge in [-0.25, -0.2) is 4.39 Å². The Balaban J connectivity index is 2.72. The molecule has 1 aromatic carbocycles. The summed E-state index contributed by atoms with van der Waals surface area (Å²) in [7, 11) is 0. The largest absolute Gasteiger partial charge is 0.483 e. The van der Waals surface area contributed by atoms with E-state index >= 15 is 0 Å². The highest BCUT2D eigenvalue weighted by Crippen LogP contribution is 2.24. The standard InChI is InChI=1S/C14H21FN2O2/c1-9(16)11-6-5-10(15)7-12(11)19-8-13(18)17-14(2,3)4/h5-7,9H,8,16H2,1-4H3,(H,17,18). The first-order valence-electron chi connectivity index (χ1n) is 6.18. The van der Waals surface area contributed by atoms with Crippen molar-refractivity contribution < 1.29 is 13.9 Å². The molecule has 1 atom stereocenters. The molecule has 5 heteroatoms. The first kappa shape index (κ1) is 15.4. The van der Waals surface area contributed by atoms with E-state index in [1.165, 1.54) is 12.1 Å². The molecule has 106 valence electrons. The summed E-state index contributed by atoms with van der Waals surface area (Å²) < 4.78 is 18.5. The van der Waals surface area contributed by atoms with E-state index in [0.29, 0.717) is 11.3 Å². The summed E-state index contributed by atoms with van der Waals surface area (Å²) >= 11 is 0. The van der Waals surface area contributed by atoms with E-state index in [-0.39, 0.29) is 24.1 Å². The summed E-state index contributed by atoms with van der Waals surface area (Å²) in [5.74, 6) is -0.373. The fourth-order valence-corrected chi connectivity index (χ4v) is 1.61. The van der Waals surface area contributed by atoms with Gasteiger partial charge in [0.1, 0.15) is 11.6 Å². The van der Waals surface area contributed by atoms with Crippen LogP contribution in [-0.4, -0.2) is 18.1 Å². The molecule has 0 spiro atoms. The summed E-state index contributed by atoms with van der Waals surface area (Å²) in [4.78, 5) is 11.6. The molecular formula is C14H21FN2O2. The summed E-state index contributed by atoms with van der Waals surface area (Å²) in [6.45, 7) is 7.23. The van der Waals surface area contributed by atoms with Crippen LogP contribution >= 0.6 is 0 Å². The molecule has 0 radical (unpaired) electrons. The van der Waals surface area contributed by atoms with Crippen molar-refractivity contribution in [3.8, 4) is 5.75 Å². The van der Waals surface area contributed by atoms with Crippen molar-refractivity contribution in [3.05, 3.63) is 29.6 Å². The molecule has 0 heterocycles. The minimum absolute atomic E-state index is 0.166. The van der Waals surface area contributed by atoms with Crippen molar-refractivity contribution in [2.75, 3.05) is 6.61 Å². The lowest BCUT2D eigenvalue weighted by Crippen LogP contribution is -2.43. The summed E-state index contributed by atoms with van der Waals surface area (Å²) in [6, 6.07) is 3.84. The van der Waals surface area contributed by atoms with Gasteiger partial charge in [-0.15, -0.1) is 0 Å². The van der Waals surface area contributed by atoms with Gasteiger partial charge in [-0.3, -0.25) is 4.79 Å². The predicted octanol–water partition coefficient (Wildman–Crippen LogP) is 2.14. The maximum absolute atomic E-state index is 13.2. The van der Waals surface area contributed by atoms with Crippen LogP contribution in [0.5, 0.6) is 5.75 Å². The lowest BCUT2D eigenvalue weighted by atomic mass is 10.1. The maximum Gasteiger partial charge on any atom is 0.258 e. The molecule has 1 unspecified atom stereocenters. The Bertz CT molecular complexity index is 453. The number of nitrogens with two attached hydrogens (primary N) is 1. The highest BCUT2D eigenvalue weighted by molar-refractivity contribution is 5.78. The van der Waals surface area contributed by atoms with Gasteiger partial charge in [0.05, 0.1) is 0 Å². The van der Waals surface area contributed by atoms with E-state index in [9.17, 15) is 9.18 Å². The first-order chi connectivity index (χ1) is 8.69. The molecule has 0 aliphatic carbocycles. The number of rotatable bonds is 4. The van der Waals surface area contributed by atoms with Crippen molar-refractivity contribution in [2.45, 2.75) is 39.3 Å². The highest BCUT2D eigenvalue weighted by atomic mass is 19.1. The predicted molar refractivity (Wildman–Crippen MR) is 72.4 cm³/mol. The zero-order valence-electron chi connectivity index (χ0n) is 11.8. The lowest BCUT2D eigenvalue weighted by molar-refractivity contribution is -0.124. The van der Waals surface area contributed by atoms with E-state index in [0.717, 1.165) is 0 Å². The van der Waals surface area contributed by atoms with Gasteiger partial charge < -0.3 is 15.8 Å². The van der Waals surface area contributed by atoms with E-state index in [2.05, 4.69) is 5.32 Å². The molecule has 4 nitrogen and oxygen atoms in total. The Hall–Kier alpha value is -1.62. The summed E-state index contributed by atoms with van der Waals surface area (Å²) in [6.07, 6.45) is 0. The number of halogens is 1. The minimum atomic E-state index is -0.421. The van der Waals surface area contributed by atoms with E-state index < -0.39 is 5.82 Å². The van der Waals surface area contributed by atoms with Crippen molar-refractivity contribution in [1.29, 1.82) is 0 Å². The molecule has 0 aliphatic heterocycles. The van der Waals surface area contributed by atoms with E-state index in [1.807, 2.05) is 20.8 Å². The quantitative estimate of drug-likeness (QED) is 0.879. The fourth-order valence-electron chi connectivity index (χ4n) is 1.61. The van der Waals surface area contributed by atoms with Crippen LogP contribution < -0.4 is 15.8 Å². The van der Waals surface area contributed by atoms with Crippen LogP contribution in [0.15, 0.2) is 18.2 Å². The van der Waals surface area contributed by atoms with Crippen LogP contribution in [0.3, 0.4) is 0 Å². The van der Waals surface area contributed by atoms with Crippen LogP contribution in [0.4, 0.5) is 4.39 Å². The second kappa shape index (κ2) is 6.02. The third-order valence-electron chi connectivity index (χ3n) is 2.34. The molecule has 0 fully saturated rings. The second-order valence-electron chi connectivity index (χ2n) is 5.56. The van der Waals surface area contributed by atoms with Gasteiger partial charge in [0, 0.05) is 23.2 Å². The summed E-state index contributed by atoms with van der Waals surface area (Å²) in [5.41, 5.74) is 6.11. The van der Waals surface area contributed by atoms with Crippen LogP contribution in [0.2, 0.25) is 0 Å². The number of amides is 1. The van der Waals surface area contributed by atoms with Crippen molar-refractivity contribution >= 4 is 5.91 Å². The normalized spacial score (nSPS) is 12.9. The molecule has 0 saturated carbocycles. The van der Waals surface area contributed by atoms with E-state index in [4.69, 9.17) is 10.5 Å². The van der Waals surface area contributed by atoms with Gasteiger partial charge in [0.25, 0.3) is 5.91 Å². The van der Waals surface area contributed by atoms with Gasteiger partial charge >= 0.3 is 0 Å². The SMILES string of the molecule is CC(N)c1ccc(F)cc1OCC(=O)NC(C)(C)C. The number of hydrogen-bond acceptors (Lipinski definition) is 3. The highest BCUT2D eigenvalue weighted by Gasteiger charge is 2.15. The van der Waals surface area contributed by atoms with Crippen LogP contribution in [0.1, 0.15) is 39.3 Å². The second-order valence-corrected chi connectivity index (χ2v) is 5.56. The topological polar surface area (TPSA) is 64.3 Å². The van der Waals surface area contributed by atoms with Gasteiger partial charge in [-0.1, -0.05) is 6.07 Å². The third kappa shape index (κ3) is 5.26. The Morgan fingerprint density at radius 1 is 1.47 bits per heavy atom. The average Bonchev–Trinajstić information content (AvgIpc) is 2.23. The van der Waals surface area contributed by atoms with E-state index in [1.54, 1.807) is 13.0 Å². The molecule has 3 N–H and O–H groups in total. The Kier molecular flexibility index (Phi) is 4.89. The molecule has 0 bridgehead atoms. The maximum atomic E-state index is 13.2. The molecule has 1 amide bonds. The molecular weight excluding hydrogens is 247 g/mol. The van der Waals surface area contributed by atoms with Crippen molar-refractivity contribution in [2.24, 2.45) is 5.73 Å². The molecule has 0 saturated heterocycles. The van der Waals surface area contributed by atoms with Crippen LogP contribution in [0.25, 0.3) is 0 Å². The van der Waals surface area contributed by atoms with Gasteiger partial charge in [0.15, 0.2) is 6.61 Å². The molecule has 0 aromatic heterocycles. The summed E-state index contributed by atoms with van der Waals surface area (Å²) in [5, 5.41) is 2.76. The fraction of sp³-hybridized carbons (Fsp3) is 0.500. The van der Waals surface area contributed by atoms with Crippen molar-refractivity contribution in [1.82, 2.24) is 5.32 Å². The third-order valence-corrected chi connectivity index (χ3v) is 2.34. The number of carbonyl (C=O) groups excluding carboxylic acids is 1. The first-order valence-corrected chi connectivity index (χ1v) is 6.18. The number of ether oxygens (including phenoxy) is 1. The van der Waals surface area contributed by atoms with Crippen LogP contribution in [-0.2, 0) is 4.79 Å². The number of hydrogen-bond donors (Lipinski definition) is 2. The monoisotopic (exact) mass is 268 g/mol. The zero-order chi connectivity index (χ0) is 14.6. The smallest absolute Gasteiger partial charge is 0.258 e. The van der Waals surface area contributed by atoms with Gasteiger partial charge in [-0.2, -0.15) is 0 Å². The average molecular weight is 268 g/mol. The Morgan fingerprint density at radius 2 is 2.11 bits per heavy atom. The molecule has 1 aromatic rings. The van der Waals surface area contributed by atoms with Crippen molar-refractivity contribution in [3.63, 3.8) is 0 Å². The van der Waals surface area contributed by atoms with Crippen LogP contribution in [0, 0.1) is 5.82 Å². The molecule has 1 rings (SSSR count). The van der Waals surface area contributed by atoms with Gasteiger partial charge in [-0.05, 0) is 33.8 Å². The minimum Gasteiger partial charge on any atom is -0.483 e. The Labute approximate surface area is 113 Å². The number of carbonyl (C=O) groups is 1. The lowest BCUT2D eigenvalue weighted by Gasteiger charge is -2.21. The molecule has 19 heavy (non-hydrogen) atoms. The Morgan fingerprint density at radius 3 is 2.63 bits per heavy atom. The molecule has 0 aliphatic rings.